The van der Waals surface area contributed by atoms with Gasteiger partial charge >= 0.3 is 0 Å². The first-order chi connectivity index (χ1) is 12.1. The van der Waals surface area contributed by atoms with E-state index in [0.29, 0.717) is 24.5 Å². The third kappa shape index (κ3) is 3.12. The number of fused-ring (bicyclic) bond motifs is 1. The van der Waals surface area contributed by atoms with Gasteiger partial charge in [-0.05, 0) is 56.0 Å². The molecule has 2 heterocycles. The highest BCUT2D eigenvalue weighted by molar-refractivity contribution is 7.89. The quantitative estimate of drug-likeness (QED) is 0.909. The first-order valence-corrected chi connectivity index (χ1v) is 10.3. The smallest absolute Gasteiger partial charge is 0.243 e. The van der Waals surface area contributed by atoms with Gasteiger partial charge in [-0.15, -0.1) is 0 Å². The maximum Gasteiger partial charge on any atom is 0.243 e. The van der Waals surface area contributed by atoms with Crippen LogP contribution >= 0.6 is 0 Å². The summed E-state index contributed by atoms with van der Waals surface area (Å²) >= 11 is 0. The van der Waals surface area contributed by atoms with Gasteiger partial charge in [-0.1, -0.05) is 6.07 Å². The average molecular weight is 360 g/mol. The Morgan fingerprint density at radius 2 is 1.96 bits per heavy atom. The molecule has 1 saturated heterocycles. The van der Waals surface area contributed by atoms with Gasteiger partial charge in [0.1, 0.15) is 5.82 Å². The van der Waals surface area contributed by atoms with E-state index in [2.05, 4.69) is 14.9 Å². The molecule has 0 radical (unpaired) electrons. The van der Waals surface area contributed by atoms with Crippen molar-refractivity contribution in [3.8, 4) is 0 Å². The Balaban J connectivity index is 1.61. The predicted octanol–water partition coefficient (Wildman–Crippen LogP) is 1.97. The number of sulfonamides is 1. The minimum Gasteiger partial charge on any atom is -0.347 e. The highest BCUT2D eigenvalue weighted by Gasteiger charge is 2.34. The Hall–Kier alpha value is -1.70. The van der Waals surface area contributed by atoms with E-state index in [-0.39, 0.29) is 6.04 Å². The molecule has 0 bridgehead atoms. The maximum absolute atomic E-state index is 13.2. The van der Waals surface area contributed by atoms with Crippen LogP contribution in [0.1, 0.15) is 35.8 Å². The van der Waals surface area contributed by atoms with E-state index in [1.807, 2.05) is 19.2 Å². The Morgan fingerprint density at radius 3 is 2.72 bits per heavy atom. The van der Waals surface area contributed by atoms with Gasteiger partial charge in [0.15, 0.2) is 0 Å². The lowest BCUT2D eigenvalue weighted by Crippen LogP contribution is -2.49. The lowest BCUT2D eigenvalue weighted by Gasteiger charge is -2.37. The SMILES string of the molecule is CN1CCN(S(=O)(=O)c2ccc3c(c2)CCCC3)CC1c1ncc[nH]1. The van der Waals surface area contributed by atoms with Crippen molar-refractivity contribution in [1.29, 1.82) is 0 Å². The van der Waals surface area contributed by atoms with Gasteiger partial charge in [-0.3, -0.25) is 4.90 Å². The molecule has 1 aromatic carbocycles. The predicted molar refractivity (Wildman–Crippen MR) is 95.8 cm³/mol. The molecule has 1 fully saturated rings. The number of benzene rings is 1. The zero-order chi connectivity index (χ0) is 17.4. The molecule has 25 heavy (non-hydrogen) atoms. The summed E-state index contributed by atoms with van der Waals surface area (Å²) in [5.41, 5.74) is 2.50. The molecule has 7 heteroatoms. The molecule has 1 aliphatic carbocycles. The molecule has 1 atom stereocenters. The topological polar surface area (TPSA) is 69.3 Å². The number of imidazole rings is 1. The van der Waals surface area contributed by atoms with Gasteiger partial charge in [-0.2, -0.15) is 4.31 Å². The third-order valence-corrected chi connectivity index (χ3v) is 7.26. The van der Waals surface area contributed by atoms with Crippen molar-refractivity contribution < 1.29 is 8.42 Å². The number of nitrogens with zero attached hydrogens (tertiary/aromatic N) is 3. The summed E-state index contributed by atoms with van der Waals surface area (Å²) in [4.78, 5) is 10.0. The number of likely N-dealkylation sites (N-methyl/N-ethyl adjacent to an activating group) is 1. The first-order valence-electron chi connectivity index (χ1n) is 8.87. The molecule has 0 spiro atoms. The molecule has 1 N–H and O–H groups in total. The normalized spacial score (nSPS) is 22.7. The molecule has 1 aromatic heterocycles. The number of H-pyrrole nitrogens is 1. The molecular formula is C18H24N4O2S. The van der Waals surface area contributed by atoms with Gasteiger partial charge in [0.05, 0.1) is 10.9 Å². The summed E-state index contributed by atoms with van der Waals surface area (Å²) in [5.74, 6) is 0.813. The summed E-state index contributed by atoms with van der Waals surface area (Å²) in [6.07, 6.45) is 7.87. The van der Waals surface area contributed by atoms with Crippen LogP contribution in [0, 0.1) is 0 Å². The summed E-state index contributed by atoms with van der Waals surface area (Å²) in [5, 5.41) is 0. The number of nitrogens with one attached hydrogen (secondary N) is 1. The first kappa shape index (κ1) is 16.8. The molecule has 134 valence electrons. The fourth-order valence-electron chi connectivity index (χ4n) is 3.84. The van der Waals surface area contributed by atoms with E-state index in [0.717, 1.165) is 25.1 Å². The largest absolute Gasteiger partial charge is 0.347 e. The van der Waals surface area contributed by atoms with Crippen LogP contribution in [0.5, 0.6) is 0 Å². The number of rotatable bonds is 3. The van der Waals surface area contributed by atoms with Crippen molar-refractivity contribution in [1.82, 2.24) is 19.2 Å². The van der Waals surface area contributed by atoms with Crippen molar-refractivity contribution in [3.63, 3.8) is 0 Å². The summed E-state index contributed by atoms with van der Waals surface area (Å²) in [6.45, 7) is 1.62. The Bertz CT molecular complexity index is 848. The number of aromatic amines is 1. The van der Waals surface area contributed by atoms with Crippen molar-refractivity contribution in [2.24, 2.45) is 0 Å². The van der Waals surface area contributed by atoms with Gasteiger partial charge in [0, 0.05) is 32.0 Å². The molecule has 0 saturated carbocycles. The summed E-state index contributed by atoms with van der Waals surface area (Å²) < 4.78 is 27.9. The van der Waals surface area contributed by atoms with Gasteiger partial charge in [0.25, 0.3) is 0 Å². The van der Waals surface area contributed by atoms with E-state index in [1.165, 1.54) is 17.5 Å². The van der Waals surface area contributed by atoms with Crippen LogP contribution in [0.2, 0.25) is 0 Å². The van der Waals surface area contributed by atoms with Gasteiger partial charge in [-0.25, -0.2) is 13.4 Å². The van der Waals surface area contributed by atoms with Gasteiger partial charge in [0.2, 0.25) is 10.0 Å². The van der Waals surface area contributed by atoms with E-state index in [4.69, 9.17) is 0 Å². The van der Waals surface area contributed by atoms with Crippen molar-refractivity contribution >= 4 is 10.0 Å². The number of hydrogen-bond donors (Lipinski definition) is 1. The highest BCUT2D eigenvalue weighted by atomic mass is 32.2. The molecule has 1 aliphatic heterocycles. The zero-order valence-corrected chi connectivity index (χ0v) is 15.3. The minimum atomic E-state index is -3.48. The molecule has 2 aliphatic rings. The average Bonchev–Trinajstić information content (AvgIpc) is 3.16. The molecule has 1 unspecified atom stereocenters. The highest BCUT2D eigenvalue weighted by Crippen LogP contribution is 2.29. The summed E-state index contributed by atoms with van der Waals surface area (Å²) in [7, 11) is -1.47. The molecule has 2 aromatic rings. The van der Waals surface area contributed by atoms with E-state index in [9.17, 15) is 8.42 Å². The number of hydrogen-bond acceptors (Lipinski definition) is 4. The molecule has 6 nitrogen and oxygen atoms in total. The van der Waals surface area contributed by atoms with E-state index < -0.39 is 10.0 Å². The van der Waals surface area contributed by atoms with Crippen LogP contribution in [-0.4, -0.2) is 54.3 Å². The fraction of sp³-hybridized carbons (Fsp3) is 0.500. The van der Waals surface area contributed by atoms with Gasteiger partial charge < -0.3 is 4.98 Å². The van der Waals surface area contributed by atoms with Crippen molar-refractivity contribution in [2.75, 3.05) is 26.7 Å². The maximum atomic E-state index is 13.2. The second kappa shape index (κ2) is 6.55. The van der Waals surface area contributed by atoms with Crippen LogP contribution in [0.15, 0.2) is 35.5 Å². The molecule has 4 rings (SSSR count). The van der Waals surface area contributed by atoms with Crippen LogP contribution in [-0.2, 0) is 22.9 Å². The Labute approximate surface area is 148 Å². The molecular weight excluding hydrogens is 336 g/mol. The lowest BCUT2D eigenvalue weighted by atomic mass is 9.92. The minimum absolute atomic E-state index is 0.0452. The second-order valence-corrected chi connectivity index (χ2v) is 8.91. The number of aromatic nitrogens is 2. The third-order valence-electron chi connectivity index (χ3n) is 5.40. The fourth-order valence-corrected chi connectivity index (χ4v) is 5.33. The van der Waals surface area contributed by atoms with Crippen molar-refractivity contribution in [2.45, 2.75) is 36.6 Å². The Kier molecular flexibility index (Phi) is 4.39. The number of aryl methyl sites for hydroxylation is 2. The van der Waals surface area contributed by atoms with Crippen LogP contribution in [0.25, 0.3) is 0 Å². The Morgan fingerprint density at radius 1 is 1.16 bits per heavy atom. The van der Waals surface area contributed by atoms with Crippen LogP contribution in [0.3, 0.4) is 0 Å². The van der Waals surface area contributed by atoms with E-state index >= 15 is 0 Å². The lowest BCUT2D eigenvalue weighted by molar-refractivity contribution is 0.142. The monoisotopic (exact) mass is 360 g/mol. The zero-order valence-electron chi connectivity index (χ0n) is 14.5. The van der Waals surface area contributed by atoms with E-state index in [1.54, 1.807) is 22.8 Å². The van der Waals surface area contributed by atoms with Crippen LogP contribution in [0.4, 0.5) is 0 Å². The molecule has 0 amide bonds. The standard InChI is InChI=1S/C18H24N4O2S/c1-21-10-11-22(13-17(21)18-19-8-9-20-18)25(23,24)16-7-6-14-4-2-3-5-15(14)12-16/h6-9,12,17H,2-5,10-11,13H2,1H3,(H,19,20). The van der Waals surface area contributed by atoms with Crippen LogP contribution < -0.4 is 0 Å². The number of piperazine rings is 1. The van der Waals surface area contributed by atoms with Crippen molar-refractivity contribution in [3.05, 3.63) is 47.5 Å². The summed E-state index contributed by atoms with van der Waals surface area (Å²) in [6, 6.07) is 5.63. The second-order valence-electron chi connectivity index (χ2n) is 6.97.